The second-order valence-electron chi connectivity index (χ2n) is 10.5. The number of allylic oxidation sites excluding steroid dienone is 1. The van der Waals surface area contributed by atoms with E-state index in [0.29, 0.717) is 49.1 Å². The number of esters is 1. The summed E-state index contributed by atoms with van der Waals surface area (Å²) in [6, 6.07) is 21.8. The molecule has 0 aliphatic carbocycles. The lowest BCUT2D eigenvalue weighted by Crippen LogP contribution is -2.39. The third-order valence-electron chi connectivity index (χ3n) is 7.71. The molecule has 0 N–H and O–H groups in total. The Kier molecular flexibility index (Phi) is 8.90. The minimum Gasteiger partial charge on any atom is -0.497 e. The summed E-state index contributed by atoms with van der Waals surface area (Å²) in [7, 11) is 4.74. The molecule has 238 valence electrons. The van der Waals surface area contributed by atoms with Crippen LogP contribution in [0.1, 0.15) is 24.1 Å². The van der Waals surface area contributed by atoms with Crippen LogP contribution in [0.4, 0.5) is 0 Å². The SMILES string of the molecule is C=CCOC(=O)C1=C(C)N=c2s/c(=C\c3cn(-c4ccccc4)nc3-c3ccc(OC)c(OC)c3)c(=O)n2C1c1ccc(OC)cc1. The van der Waals surface area contributed by atoms with Gasteiger partial charge in [0.1, 0.15) is 18.1 Å². The molecular weight excluding hydrogens is 616 g/mol. The molecule has 1 unspecified atom stereocenters. The van der Waals surface area contributed by atoms with Crippen molar-refractivity contribution in [2.45, 2.75) is 13.0 Å². The molecule has 10 nitrogen and oxygen atoms in total. The van der Waals surface area contributed by atoms with Gasteiger partial charge >= 0.3 is 5.97 Å². The zero-order valence-corrected chi connectivity index (χ0v) is 27.1. The van der Waals surface area contributed by atoms with Crippen molar-refractivity contribution in [1.82, 2.24) is 14.3 Å². The first kappa shape index (κ1) is 31.3. The summed E-state index contributed by atoms with van der Waals surface area (Å²) >= 11 is 1.24. The topological polar surface area (TPSA) is 106 Å². The van der Waals surface area contributed by atoms with E-state index in [1.165, 1.54) is 17.4 Å². The van der Waals surface area contributed by atoms with Gasteiger partial charge < -0.3 is 18.9 Å². The lowest BCUT2D eigenvalue weighted by Gasteiger charge is -2.24. The van der Waals surface area contributed by atoms with Crippen molar-refractivity contribution < 1.29 is 23.7 Å². The normalized spacial score (nSPS) is 14.3. The number of benzene rings is 3. The fourth-order valence-corrected chi connectivity index (χ4v) is 6.49. The van der Waals surface area contributed by atoms with E-state index in [4.69, 9.17) is 29.0 Å². The Hall–Kier alpha value is -5.68. The van der Waals surface area contributed by atoms with E-state index in [2.05, 4.69) is 6.58 Å². The average Bonchev–Trinajstić information content (AvgIpc) is 3.66. The van der Waals surface area contributed by atoms with Crippen LogP contribution in [0.15, 0.2) is 113 Å². The summed E-state index contributed by atoms with van der Waals surface area (Å²) < 4.78 is 25.6. The smallest absolute Gasteiger partial charge is 0.338 e. The number of rotatable bonds is 10. The van der Waals surface area contributed by atoms with Crippen molar-refractivity contribution >= 4 is 23.4 Å². The van der Waals surface area contributed by atoms with Crippen LogP contribution in [0.5, 0.6) is 17.2 Å². The molecule has 0 saturated carbocycles. The second-order valence-corrected chi connectivity index (χ2v) is 11.5. The number of nitrogens with zero attached hydrogens (tertiary/aromatic N) is 4. The monoisotopic (exact) mass is 648 g/mol. The summed E-state index contributed by atoms with van der Waals surface area (Å²) in [4.78, 5) is 32.9. The Balaban J connectivity index is 1.55. The van der Waals surface area contributed by atoms with Gasteiger partial charge in [-0.15, -0.1) is 0 Å². The minimum absolute atomic E-state index is 0.0275. The van der Waals surface area contributed by atoms with Gasteiger partial charge in [-0.25, -0.2) is 14.5 Å². The molecule has 3 heterocycles. The van der Waals surface area contributed by atoms with Gasteiger partial charge in [-0.2, -0.15) is 5.10 Å². The number of carbonyl (C=O) groups excluding carboxylic acids is 1. The van der Waals surface area contributed by atoms with Crippen LogP contribution in [0.3, 0.4) is 0 Å². The molecule has 5 aromatic rings. The van der Waals surface area contributed by atoms with Crippen molar-refractivity contribution in [1.29, 1.82) is 0 Å². The Morgan fingerprint density at radius 3 is 2.40 bits per heavy atom. The van der Waals surface area contributed by atoms with E-state index in [9.17, 15) is 9.59 Å². The predicted octanol–water partition coefficient (Wildman–Crippen LogP) is 4.84. The predicted molar refractivity (Wildman–Crippen MR) is 180 cm³/mol. The number of hydrogen-bond acceptors (Lipinski definition) is 9. The highest BCUT2D eigenvalue weighted by molar-refractivity contribution is 7.07. The van der Waals surface area contributed by atoms with Crippen LogP contribution in [-0.4, -0.2) is 48.3 Å². The number of methoxy groups -OCH3 is 3. The lowest BCUT2D eigenvalue weighted by atomic mass is 9.96. The molecule has 1 aliphatic heterocycles. The molecule has 11 heteroatoms. The van der Waals surface area contributed by atoms with Crippen LogP contribution in [0.2, 0.25) is 0 Å². The van der Waals surface area contributed by atoms with E-state index in [1.54, 1.807) is 49.6 Å². The molecule has 0 spiro atoms. The summed E-state index contributed by atoms with van der Waals surface area (Å²) in [5.41, 5.74) is 4.12. The lowest BCUT2D eigenvalue weighted by molar-refractivity contribution is -0.138. The Labute approximate surface area is 274 Å². The van der Waals surface area contributed by atoms with Crippen LogP contribution >= 0.6 is 11.3 Å². The zero-order valence-electron chi connectivity index (χ0n) is 26.3. The first-order chi connectivity index (χ1) is 22.9. The van der Waals surface area contributed by atoms with Crippen molar-refractivity contribution in [3.8, 4) is 34.2 Å². The molecule has 1 atom stereocenters. The van der Waals surface area contributed by atoms with Crippen LogP contribution in [0, 0.1) is 0 Å². The quantitative estimate of drug-likeness (QED) is 0.158. The van der Waals surface area contributed by atoms with Crippen LogP contribution < -0.4 is 29.1 Å². The van der Waals surface area contributed by atoms with E-state index in [-0.39, 0.29) is 17.7 Å². The summed E-state index contributed by atoms with van der Waals surface area (Å²) in [6.45, 7) is 5.42. The minimum atomic E-state index is -0.769. The maximum Gasteiger partial charge on any atom is 0.338 e. The van der Waals surface area contributed by atoms with Crippen molar-refractivity contribution in [3.63, 3.8) is 0 Å². The first-order valence-electron chi connectivity index (χ1n) is 14.7. The summed E-state index contributed by atoms with van der Waals surface area (Å²) in [5, 5.41) is 4.92. The van der Waals surface area contributed by atoms with Gasteiger partial charge in [0, 0.05) is 17.3 Å². The maximum atomic E-state index is 14.3. The van der Waals surface area contributed by atoms with Gasteiger partial charge in [-0.3, -0.25) is 9.36 Å². The Morgan fingerprint density at radius 1 is 0.979 bits per heavy atom. The fraction of sp³-hybridized carbons (Fsp3) is 0.167. The van der Waals surface area contributed by atoms with Gasteiger partial charge in [0.05, 0.1) is 48.9 Å². The van der Waals surface area contributed by atoms with Crippen molar-refractivity contribution in [3.05, 3.63) is 134 Å². The number of carbonyl (C=O) groups is 1. The molecule has 47 heavy (non-hydrogen) atoms. The number of ether oxygens (including phenoxy) is 4. The molecule has 3 aromatic carbocycles. The number of aromatic nitrogens is 3. The van der Waals surface area contributed by atoms with Gasteiger partial charge in [-0.05, 0) is 61.0 Å². The molecule has 1 aliphatic rings. The number of para-hydroxylation sites is 1. The average molecular weight is 649 g/mol. The number of hydrogen-bond donors (Lipinski definition) is 0. The van der Waals surface area contributed by atoms with E-state index >= 15 is 0 Å². The maximum absolute atomic E-state index is 14.3. The number of fused-ring (bicyclic) bond motifs is 1. The molecule has 2 aromatic heterocycles. The fourth-order valence-electron chi connectivity index (χ4n) is 5.45. The number of thiazole rings is 1. The first-order valence-corrected chi connectivity index (χ1v) is 15.5. The molecule has 0 saturated heterocycles. The highest BCUT2D eigenvalue weighted by Crippen LogP contribution is 2.34. The van der Waals surface area contributed by atoms with Crippen molar-refractivity contribution in [2.24, 2.45) is 4.99 Å². The van der Waals surface area contributed by atoms with E-state index < -0.39 is 12.0 Å². The van der Waals surface area contributed by atoms with Gasteiger partial charge in [0.25, 0.3) is 5.56 Å². The largest absolute Gasteiger partial charge is 0.497 e. The molecule has 0 radical (unpaired) electrons. The van der Waals surface area contributed by atoms with Gasteiger partial charge in [0.2, 0.25) is 0 Å². The standard InChI is InChI=1S/C36H32N4O6S/c1-6-18-46-35(42)31-22(2)37-36-40(33(31)23-12-15-27(43-3)16-13-23)34(41)30(47-36)20-25-21-39(26-10-8-7-9-11-26)38-32(25)24-14-17-28(44-4)29(19-24)45-5/h6-17,19-21,33H,1,18H2,2-5H3/b30-20-. The Morgan fingerprint density at radius 2 is 1.72 bits per heavy atom. The van der Waals surface area contributed by atoms with Crippen molar-refractivity contribution in [2.75, 3.05) is 27.9 Å². The zero-order chi connectivity index (χ0) is 33.1. The second kappa shape index (κ2) is 13.4. The highest BCUT2D eigenvalue weighted by Gasteiger charge is 2.33. The molecule has 0 fully saturated rings. The van der Waals surface area contributed by atoms with Gasteiger partial charge in [-0.1, -0.05) is 54.3 Å². The highest BCUT2D eigenvalue weighted by atomic mass is 32.1. The third-order valence-corrected chi connectivity index (χ3v) is 8.70. The van der Waals surface area contributed by atoms with Crippen LogP contribution in [0.25, 0.3) is 23.0 Å². The van der Waals surface area contributed by atoms with E-state index in [0.717, 1.165) is 11.3 Å². The van der Waals surface area contributed by atoms with Gasteiger partial charge in [0.15, 0.2) is 16.3 Å². The van der Waals surface area contributed by atoms with E-state index in [1.807, 2.05) is 72.9 Å². The molecule has 0 amide bonds. The molecule has 0 bridgehead atoms. The Bertz CT molecular complexity index is 2180. The van der Waals surface area contributed by atoms with Crippen LogP contribution in [-0.2, 0) is 9.53 Å². The molecule has 6 rings (SSSR count). The summed E-state index contributed by atoms with van der Waals surface area (Å²) in [5.74, 6) is 1.22. The molecular formula is C36H32N4O6S. The third kappa shape index (κ3) is 6.00. The summed E-state index contributed by atoms with van der Waals surface area (Å²) in [6.07, 6.45) is 5.18.